The van der Waals surface area contributed by atoms with Gasteiger partial charge in [0, 0.05) is 18.7 Å². The molecule has 1 heterocycles. The van der Waals surface area contributed by atoms with Crippen molar-refractivity contribution < 1.29 is 22.7 Å². The quantitative estimate of drug-likeness (QED) is 0.740. The van der Waals surface area contributed by atoms with Gasteiger partial charge in [-0.25, -0.2) is 8.42 Å². The number of carbonyl (C=O) groups excluding carboxylic acids is 1. The summed E-state index contributed by atoms with van der Waals surface area (Å²) >= 11 is 0. The van der Waals surface area contributed by atoms with Gasteiger partial charge in [-0.15, -0.1) is 0 Å². The summed E-state index contributed by atoms with van der Waals surface area (Å²) in [4.78, 5) is 12.4. The fourth-order valence-electron chi connectivity index (χ4n) is 2.99. The van der Waals surface area contributed by atoms with Crippen LogP contribution in [0.4, 0.5) is 5.69 Å². The highest BCUT2D eigenvalue weighted by atomic mass is 32.2. The van der Waals surface area contributed by atoms with E-state index in [1.807, 2.05) is 0 Å². The molecule has 150 valence electrons. The molecule has 1 fully saturated rings. The first-order chi connectivity index (χ1) is 13.4. The zero-order chi connectivity index (χ0) is 20.1. The largest absolute Gasteiger partial charge is 0.497 e. The molecule has 1 aliphatic rings. The van der Waals surface area contributed by atoms with Gasteiger partial charge >= 0.3 is 0 Å². The number of sulfonamides is 1. The van der Waals surface area contributed by atoms with E-state index in [0.29, 0.717) is 29.1 Å². The van der Waals surface area contributed by atoms with Gasteiger partial charge in [0.2, 0.25) is 0 Å². The summed E-state index contributed by atoms with van der Waals surface area (Å²) in [6.45, 7) is 2.97. The van der Waals surface area contributed by atoms with Crippen LogP contribution in [0, 0.1) is 6.92 Å². The maximum Gasteiger partial charge on any atom is 0.261 e. The Balaban J connectivity index is 1.68. The molecule has 1 saturated heterocycles. The second kappa shape index (κ2) is 8.62. The maximum absolute atomic E-state index is 12.6. The van der Waals surface area contributed by atoms with Crippen LogP contribution in [0.5, 0.6) is 5.75 Å². The number of hydrogen-bond acceptors (Lipinski definition) is 5. The monoisotopic (exact) mass is 404 g/mol. The van der Waals surface area contributed by atoms with Crippen LogP contribution in [-0.2, 0) is 14.8 Å². The number of nitrogens with one attached hydrogen (secondary N) is 2. The van der Waals surface area contributed by atoms with Gasteiger partial charge in [-0.2, -0.15) is 0 Å². The van der Waals surface area contributed by atoms with Crippen molar-refractivity contribution in [1.82, 2.24) is 5.32 Å². The number of aryl methyl sites for hydroxylation is 1. The van der Waals surface area contributed by atoms with Crippen LogP contribution in [0.3, 0.4) is 0 Å². The summed E-state index contributed by atoms with van der Waals surface area (Å²) in [6.07, 6.45) is 2.04. The zero-order valence-electron chi connectivity index (χ0n) is 15.9. The summed E-state index contributed by atoms with van der Waals surface area (Å²) in [7, 11) is -2.22. The normalized spacial score (nSPS) is 16.6. The van der Waals surface area contributed by atoms with E-state index in [0.717, 1.165) is 19.4 Å². The van der Waals surface area contributed by atoms with E-state index < -0.39 is 10.0 Å². The summed E-state index contributed by atoms with van der Waals surface area (Å²) in [6, 6.07) is 11.0. The van der Waals surface area contributed by atoms with Crippen LogP contribution in [0.25, 0.3) is 0 Å². The third kappa shape index (κ3) is 4.82. The number of hydrogen-bond donors (Lipinski definition) is 2. The Morgan fingerprint density at radius 3 is 2.57 bits per heavy atom. The summed E-state index contributed by atoms with van der Waals surface area (Å²) in [5, 5.41) is 2.86. The molecular formula is C20H24N2O5S. The fourth-order valence-corrected chi connectivity index (χ4v) is 4.12. The molecule has 0 radical (unpaired) electrons. The van der Waals surface area contributed by atoms with Crippen LogP contribution >= 0.6 is 0 Å². The van der Waals surface area contributed by atoms with Crippen molar-refractivity contribution in [2.24, 2.45) is 0 Å². The molecule has 0 bridgehead atoms. The lowest BCUT2D eigenvalue weighted by atomic mass is 10.1. The Kier molecular flexibility index (Phi) is 6.21. The van der Waals surface area contributed by atoms with E-state index in [4.69, 9.17) is 9.47 Å². The fraction of sp³-hybridized carbons (Fsp3) is 0.350. The molecule has 7 nitrogen and oxygen atoms in total. The number of rotatable bonds is 7. The maximum atomic E-state index is 12.6. The second-order valence-electron chi connectivity index (χ2n) is 6.66. The molecule has 3 rings (SSSR count). The van der Waals surface area contributed by atoms with Crippen molar-refractivity contribution in [3.05, 3.63) is 53.6 Å². The van der Waals surface area contributed by atoms with Crippen LogP contribution in [0.15, 0.2) is 47.4 Å². The van der Waals surface area contributed by atoms with Crippen molar-refractivity contribution in [2.75, 3.05) is 25.0 Å². The molecule has 1 aliphatic heterocycles. The standard InChI is InChI=1S/C20H24N2O5S/c1-14-12-15(20(23)21-13-17-4-3-11-27-17)5-10-19(14)22-28(24,25)18-8-6-16(26-2)7-9-18/h5-10,12,17,22H,3-4,11,13H2,1-2H3,(H,21,23)/t17-/m1/s1. The van der Waals surface area contributed by atoms with Gasteiger partial charge in [-0.3, -0.25) is 9.52 Å². The average molecular weight is 404 g/mol. The van der Waals surface area contributed by atoms with Crippen LogP contribution < -0.4 is 14.8 Å². The first-order valence-corrected chi connectivity index (χ1v) is 10.5. The first kappa shape index (κ1) is 20.2. The Morgan fingerprint density at radius 2 is 1.96 bits per heavy atom. The van der Waals surface area contributed by atoms with Crippen molar-refractivity contribution in [2.45, 2.75) is 30.8 Å². The Bertz CT molecular complexity index is 936. The lowest BCUT2D eigenvalue weighted by Crippen LogP contribution is -2.31. The van der Waals surface area contributed by atoms with E-state index in [-0.39, 0.29) is 16.9 Å². The van der Waals surface area contributed by atoms with Gasteiger partial charge < -0.3 is 14.8 Å². The van der Waals surface area contributed by atoms with E-state index >= 15 is 0 Å². The van der Waals surface area contributed by atoms with E-state index in [9.17, 15) is 13.2 Å². The Labute approximate surface area is 165 Å². The van der Waals surface area contributed by atoms with Crippen LogP contribution in [0.1, 0.15) is 28.8 Å². The number of carbonyl (C=O) groups is 1. The lowest BCUT2D eigenvalue weighted by Gasteiger charge is -2.13. The molecule has 2 aromatic carbocycles. The van der Waals surface area contributed by atoms with Gasteiger partial charge in [-0.1, -0.05) is 0 Å². The lowest BCUT2D eigenvalue weighted by molar-refractivity contribution is 0.0857. The van der Waals surface area contributed by atoms with E-state index in [1.54, 1.807) is 37.3 Å². The van der Waals surface area contributed by atoms with Crippen molar-refractivity contribution in [3.8, 4) is 5.75 Å². The molecule has 2 aromatic rings. The minimum atomic E-state index is -3.74. The molecule has 0 spiro atoms. The highest BCUT2D eigenvalue weighted by Crippen LogP contribution is 2.22. The van der Waals surface area contributed by atoms with Gasteiger partial charge in [0.05, 0.1) is 23.8 Å². The van der Waals surface area contributed by atoms with Gasteiger partial charge in [0.1, 0.15) is 5.75 Å². The second-order valence-corrected chi connectivity index (χ2v) is 8.34. The van der Waals surface area contributed by atoms with Gasteiger partial charge in [-0.05, 0) is 67.8 Å². The summed E-state index contributed by atoms with van der Waals surface area (Å²) in [5.41, 5.74) is 1.55. The van der Waals surface area contributed by atoms with Gasteiger partial charge in [0.25, 0.3) is 15.9 Å². The molecule has 1 atom stereocenters. The molecule has 0 aromatic heterocycles. The average Bonchev–Trinajstić information content (AvgIpc) is 3.21. The topological polar surface area (TPSA) is 93.7 Å². The molecule has 28 heavy (non-hydrogen) atoms. The minimum absolute atomic E-state index is 0.0700. The molecule has 0 saturated carbocycles. The smallest absolute Gasteiger partial charge is 0.261 e. The predicted molar refractivity (Wildman–Crippen MR) is 106 cm³/mol. The van der Waals surface area contributed by atoms with E-state index in [1.165, 1.54) is 19.2 Å². The minimum Gasteiger partial charge on any atom is -0.497 e. The van der Waals surface area contributed by atoms with Crippen molar-refractivity contribution in [3.63, 3.8) is 0 Å². The summed E-state index contributed by atoms with van der Waals surface area (Å²) < 4.78 is 38.3. The highest BCUT2D eigenvalue weighted by molar-refractivity contribution is 7.92. The molecule has 1 amide bonds. The van der Waals surface area contributed by atoms with E-state index in [2.05, 4.69) is 10.0 Å². The highest BCUT2D eigenvalue weighted by Gasteiger charge is 2.18. The number of benzene rings is 2. The van der Waals surface area contributed by atoms with Crippen molar-refractivity contribution in [1.29, 1.82) is 0 Å². The Morgan fingerprint density at radius 1 is 1.21 bits per heavy atom. The van der Waals surface area contributed by atoms with Crippen LogP contribution in [0.2, 0.25) is 0 Å². The molecular weight excluding hydrogens is 380 g/mol. The predicted octanol–water partition coefficient (Wildman–Crippen LogP) is 2.71. The SMILES string of the molecule is COc1ccc(S(=O)(=O)Nc2ccc(C(=O)NC[C@H]3CCCO3)cc2C)cc1. The zero-order valence-corrected chi connectivity index (χ0v) is 16.7. The Hall–Kier alpha value is -2.58. The number of methoxy groups -OCH3 is 1. The third-order valence-electron chi connectivity index (χ3n) is 4.62. The molecule has 8 heteroatoms. The molecule has 0 unspecified atom stereocenters. The molecule has 2 N–H and O–H groups in total. The summed E-state index contributed by atoms with van der Waals surface area (Å²) in [5.74, 6) is 0.372. The molecule has 0 aliphatic carbocycles. The van der Waals surface area contributed by atoms with Gasteiger partial charge in [0.15, 0.2) is 0 Å². The van der Waals surface area contributed by atoms with Crippen molar-refractivity contribution >= 4 is 21.6 Å². The first-order valence-electron chi connectivity index (χ1n) is 9.06. The number of anilines is 1. The van der Waals surface area contributed by atoms with Crippen LogP contribution in [-0.4, -0.2) is 40.7 Å². The third-order valence-corrected chi connectivity index (χ3v) is 6.00. The number of ether oxygens (including phenoxy) is 2. The number of amides is 1.